The van der Waals surface area contributed by atoms with Gasteiger partial charge < -0.3 is 14.4 Å². The molecule has 0 atom stereocenters. The van der Waals surface area contributed by atoms with Crippen molar-refractivity contribution in [3.05, 3.63) is 29.6 Å². The number of hydrogen-bond donors (Lipinski definition) is 1. The van der Waals surface area contributed by atoms with Crippen LogP contribution >= 0.6 is 0 Å². The summed E-state index contributed by atoms with van der Waals surface area (Å²) in [6.07, 6.45) is 0.791. The number of imidazole rings is 1. The summed E-state index contributed by atoms with van der Waals surface area (Å²) < 4.78 is 7.89. The Labute approximate surface area is 124 Å². The standard InChI is InChI=1S/C16H22N2O3/c1-5-14-17-12-9-11(15(19)20)7-8-13(12)18(14)10-16(3,4)21-6-2/h7-9H,5-6,10H2,1-4H3,(H,19,20). The second kappa shape index (κ2) is 5.85. The monoisotopic (exact) mass is 290 g/mol. The van der Waals surface area contributed by atoms with Gasteiger partial charge in [-0.05, 0) is 39.0 Å². The van der Waals surface area contributed by atoms with Crippen LogP contribution in [0.1, 0.15) is 43.9 Å². The first-order valence-electron chi connectivity index (χ1n) is 7.24. The van der Waals surface area contributed by atoms with Crippen molar-refractivity contribution in [3.63, 3.8) is 0 Å². The molecule has 5 nitrogen and oxygen atoms in total. The molecule has 1 aromatic heterocycles. The number of benzene rings is 1. The van der Waals surface area contributed by atoms with Crippen LogP contribution in [-0.2, 0) is 17.7 Å². The SMILES string of the molecule is CCOC(C)(C)Cn1c(CC)nc2cc(C(=O)O)ccc21. The highest BCUT2D eigenvalue weighted by atomic mass is 16.5. The molecule has 0 saturated heterocycles. The van der Waals surface area contributed by atoms with Gasteiger partial charge in [0.25, 0.3) is 0 Å². The third kappa shape index (κ3) is 3.24. The summed E-state index contributed by atoms with van der Waals surface area (Å²) in [7, 11) is 0. The second-order valence-electron chi connectivity index (χ2n) is 5.67. The van der Waals surface area contributed by atoms with Crippen molar-refractivity contribution >= 4 is 17.0 Å². The molecule has 0 saturated carbocycles. The molecule has 0 aliphatic rings. The zero-order valence-corrected chi connectivity index (χ0v) is 13.0. The van der Waals surface area contributed by atoms with Gasteiger partial charge in [-0.15, -0.1) is 0 Å². The van der Waals surface area contributed by atoms with Crippen LogP contribution < -0.4 is 0 Å². The van der Waals surface area contributed by atoms with Crippen molar-refractivity contribution in [2.24, 2.45) is 0 Å². The van der Waals surface area contributed by atoms with Crippen LogP contribution in [0.3, 0.4) is 0 Å². The molecule has 2 rings (SSSR count). The molecule has 1 N–H and O–H groups in total. The molecule has 21 heavy (non-hydrogen) atoms. The fraction of sp³-hybridized carbons (Fsp3) is 0.500. The molecule has 5 heteroatoms. The molecule has 0 bridgehead atoms. The van der Waals surface area contributed by atoms with Crippen LogP contribution in [0.5, 0.6) is 0 Å². The van der Waals surface area contributed by atoms with Crippen LogP contribution in [0.25, 0.3) is 11.0 Å². The van der Waals surface area contributed by atoms with E-state index in [0.29, 0.717) is 13.2 Å². The molecular formula is C16H22N2O3. The Balaban J connectivity index is 2.49. The number of carboxylic acid groups (broad SMARTS) is 1. The zero-order chi connectivity index (χ0) is 15.6. The van der Waals surface area contributed by atoms with Gasteiger partial charge in [-0.1, -0.05) is 6.92 Å². The maximum absolute atomic E-state index is 11.1. The molecule has 114 valence electrons. The Hall–Kier alpha value is -1.88. The lowest BCUT2D eigenvalue weighted by Crippen LogP contribution is -2.31. The first kappa shape index (κ1) is 15.5. The summed E-state index contributed by atoms with van der Waals surface area (Å²) in [5.41, 5.74) is 1.64. The average Bonchev–Trinajstić information content (AvgIpc) is 2.75. The van der Waals surface area contributed by atoms with E-state index in [9.17, 15) is 4.79 Å². The lowest BCUT2D eigenvalue weighted by atomic mass is 10.1. The van der Waals surface area contributed by atoms with Crippen molar-refractivity contribution in [2.45, 2.75) is 46.3 Å². The van der Waals surface area contributed by atoms with E-state index in [4.69, 9.17) is 9.84 Å². The third-order valence-corrected chi connectivity index (χ3v) is 3.46. The van der Waals surface area contributed by atoms with Crippen molar-refractivity contribution in [2.75, 3.05) is 6.61 Å². The highest BCUT2D eigenvalue weighted by Crippen LogP contribution is 2.22. The first-order valence-corrected chi connectivity index (χ1v) is 7.24. The zero-order valence-electron chi connectivity index (χ0n) is 13.0. The Kier molecular flexibility index (Phi) is 4.32. The number of fused-ring (bicyclic) bond motifs is 1. The lowest BCUT2D eigenvalue weighted by Gasteiger charge is -2.26. The molecule has 2 aromatic rings. The number of carbonyl (C=O) groups is 1. The number of aromatic carboxylic acids is 1. The van der Waals surface area contributed by atoms with Gasteiger partial charge in [0.05, 0.1) is 28.7 Å². The molecule has 0 fully saturated rings. The maximum atomic E-state index is 11.1. The predicted octanol–water partition coefficient (Wildman–Crippen LogP) is 3.11. The highest BCUT2D eigenvalue weighted by molar-refractivity contribution is 5.92. The van der Waals surface area contributed by atoms with Crippen LogP contribution in [0.2, 0.25) is 0 Å². The fourth-order valence-electron chi connectivity index (χ4n) is 2.58. The number of rotatable bonds is 6. The van der Waals surface area contributed by atoms with Gasteiger partial charge >= 0.3 is 5.97 Å². The highest BCUT2D eigenvalue weighted by Gasteiger charge is 2.22. The number of hydrogen-bond acceptors (Lipinski definition) is 3. The van der Waals surface area contributed by atoms with Gasteiger partial charge in [-0.3, -0.25) is 0 Å². The van der Waals surface area contributed by atoms with Gasteiger partial charge in [-0.25, -0.2) is 9.78 Å². The average molecular weight is 290 g/mol. The van der Waals surface area contributed by atoms with Gasteiger partial charge in [-0.2, -0.15) is 0 Å². The predicted molar refractivity (Wildman–Crippen MR) is 81.8 cm³/mol. The van der Waals surface area contributed by atoms with Crippen LogP contribution in [0.4, 0.5) is 0 Å². The normalized spacial score (nSPS) is 12.0. The van der Waals surface area contributed by atoms with E-state index in [1.165, 1.54) is 0 Å². The minimum absolute atomic E-state index is 0.263. The van der Waals surface area contributed by atoms with Crippen LogP contribution in [0, 0.1) is 0 Å². The number of nitrogens with zero attached hydrogens (tertiary/aromatic N) is 2. The van der Waals surface area contributed by atoms with Crippen LogP contribution in [0.15, 0.2) is 18.2 Å². The van der Waals surface area contributed by atoms with Crippen molar-refractivity contribution in [3.8, 4) is 0 Å². The van der Waals surface area contributed by atoms with Gasteiger partial charge in [0.2, 0.25) is 0 Å². The Morgan fingerprint density at radius 1 is 1.38 bits per heavy atom. The largest absolute Gasteiger partial charge is 0.478 e. The molecule has 1 heterocycles. The van der Waals surface area contributed by atoms with E-state index in [1.54, 1.807) is 12.1 Å². The number of carboxylic acids is 1. The fourth-order valence-corrected chi connectivity index (χ4v) is 2.58. The Morgan fingerprint density at radius 3 is 2.67 bits per heavy atom. The van der Waals surface area contributed by atoms with E-state index in [0.717, 1.165) is 23.3 Å². The molecule has 1 aromatic carbocycles. The van der Waals surface area contributed by atoms with E-state index in [1.807, 2.05) is 33.8 Å². The molecular weight excluding hydrogens is 268 g/mol. The summed E-state index contributed by atoms with van der Waals surface area (Å²) in [4.78, 5) is 15.6. The minimum atomic E-state index is -0.931. The molecule has 0 aliphatic heterocycles. The quantitative estimate of drug-likeness (QED) is 0.887. The van der Waals surface area contributed by atoms with Crippen LogP contribution in [-0.4, -0.2) is 32.8 Å². The van der Waals surface area contributed by atoms with Crippen molar-refractivity contribution in [1.29, 1.82) is 0 Å². The summed E-state index contributed by atoms with van der Waals surface area (Å²) >= 11 is 0. The first-order chi connectivity index (χ1) is 9.88. The topological polar surface area (TPSA) is 64.4 Å². The molecule has 0 spiro atoms. The minimum Gasteiger partial charge on any atom is -0.478 e. The van der Waals surface area contributed by atoms with Crippen molar-refractivity contribution in [1.82, 2.24) is 9.55 Å². The van der Waals surface area contributed by atoms with E-state index >= 15 is 0 Å². The molecule has 0 aliphatic carbocycles. The van der Waals surface area contributed by atoms with Gasteiger partial charge in [0, 0.05) is 13.0 Å². The smallest absolute Gasteiger partial charge is 0.335 e. The number of aryl methyl sites for hydroxylation is 1. The van der Waals surface area contributed by atoms with Gasteiger partial charge in [0.15, 0.2) is 0 Å². The third-order valence-electron chi connectivity index (χ3n) is 3.46. The Bertz CT molecular complexity index is 659. The van der Waals surface area contributed by atoms with E-state index in [2.05, 4.69) is 9.55 Å². The summed E-state index contributed by atoms with van der Waals surface area (Å²) in [5.74, 6) is 0.0134. The molecule has 0 radical (unpaired) electrons. The second-order valence-corrected chi connectivity index (χ2v) is 5.67. The van der Waals surface area contributed by atoms with E-state index < -0.39 is 5.97 Å². The maximum Gasteiger partial charge on any atom is 0.335 e. The Morgan fingerprint density at radius 2 is 2.10 bits per heavy atom. The number of ether oxygens (including phenoxy) is 1. The number of aromatic nitrogens is 2. The van der Waals surface area contributed by atoms with Gasteiger partial charge in [0.1, 0.15) is 5.82 Å². The summed E-state index contributed by atoms with van der Waals surface area (Å²) in [6.45, 7) is 9.47. The lowest BCUT2D eigenvalue weighted by molar-refractivity contribution is -0.0221. The molecule has 0 amide bonds. The summed E-state index contributed by atoms with van der Waals surface area (Å²) in [6, 6.07) is 5.07. The van der Waals surface area contributed by atoms with E-state index in [-0.39, 0.29) is 11.2 Å². The molecule has 0 unspecified atom stereocenters. The summed E-state index contributed by atoms with van der Waals surface area (Å²) in [5, 5.41) is 9.08. The van der Waals surface area contributed by atoms with Crippen molar-refractivity contribution < 1.29 is 14.6 Å².